The molecule has 8 unspecified atom stereocenters. The fraction of sp³-hybridized carbons (Fsp3) is 0.478. The van der Waals surface area contributed by atoms with E-state index in [1.165, 1.54) is 11.8 Å². The lowest BCUT2D eigenvalue weighted by atomic mass is 10.0. The van der Waals surface area contributed by atoms with Crippen molar-refractivity contribution >= 4 is 70.1 Å². The third-order valence-electron chi connectivity index (χ3n) is 12.4. The molecule has 69 heavy (non-hydrogen) atoms. The molecule has 0 radical (unpaired) electrons. The van der Waals surface area contributed by atoms with Gasteiger partial charge in [-0.05, 0) is 62.6 Å². The summed E-state index contributed by atoms with van der Waals surface area (Å²) in [6.45, 7) is 0.698. The Morgan fingerprint density at radius 3 is 1.84 bits per heavy atom. The molecule has 3 aromatic rings. The number of aliphatic hydroxyl groups excluding tert-OH is 1. The van der Waals surface area contributed by atoms with Crippen LogP contribution >= 0.6 is 0 Å². The number of H-pyrrole nitrogens is 1. The van der Waals surface area contributed by atoms with Crippen LogP contribution in [0.25, 0.3) is 10.9 Å². The molecule has 23 nitrogen and oxygen atoms in total. The number of carboxylic acid groups (broad SMARTS) is 1. The summed E-state index contributed by atoms with van der Waals surface area (Å²) in [5.74, 6) is -8.37. The van der Waals surface area contributed by atoms with E-state index in [0.29, 0.717) is 34.9 Å². The van der Waals surface area contributed by atoms with Crippen molar-refractivity contribution < 1.29 is 53.4 Å². The molecule has 3 aliphatic heterocycles. The van der Waals surface area contributed by atoms with E-state index in [2.05, 4.69) is 41.9 Å². The first kappa shape index (κ1) is 50.8. The van der Waals surface area contributed by atoms with Crippen LogP contribution in [0.15, 0.2) is 65.8 Å². The molecule has 370 valence electrons. The number of benzene rings is 2. The van der Waals surface area contributed by atoms with Gasteiger partial charge in [0.05, 0.1) is 13.0 Å². The summed E-state index contributed by atoms with van der Waals surface area (Å²) in [5, 5.41) is 36.7. The van der Waals surface area contributed by atoms with E-state index in [9.17, 15) is 53.4 Å². The van der Waals surface area contributed by atoms with E-state index in [1.54, 1.807) is 60.8 Å². The molecule has 0 aliphatic carbocycles. The number of carbonyl (C=O) groups excluding carboxylic acids is 8. The Bertz CT molecular complexity index is 2430. The van der Waals surface area contributed by atoms with Gasteiger partial charge in [-0.15, -0.1) is 0 Å². The zero-order valence-electron chi connectivity index (χ0n) is 38.1. The number of guanidine groups is 1. The zero-order valence-corrected chi connectivity index (χ0v) is 38.1. The van der Waals surface area contributed by atoms with Gasteiger partial charge in [-0.2, -0.15) is 0 Å². The number of aliphatic imine (C=N–C) groups is 1. The number of rotatable bonds is 11. The quantitative estimate of drug-likeness (QED) is 0.0534. The highest BCUT2D eigenvalue weighted by atomic mass is 16.4. The second-order valence-corrected chi connectivity index (χ2v) is 17.4. The largest absolute Gasteiger partial charge is 0.481 e. The topological polar surface area (TPSA) is 353 Å². The number of aromatic amines is 1. The number of carboxylic acids is 1. The van der Waals surface area contributed by atoms with Gasteiger partial charge in [0.1, 0.15) is 48.3 Å². The van der Waals surface area contributed by atoms with E-state index < -0.39 is 115 Å². The summed E-state index contributed by atoms with van der Waals surface area (Å²) in [6.07, 6.45) is 1.54. The summed E-state index contributed by atoms with van der Waals surface area (Å²) in [7, 11) is 0. The third-order valence-corrected chi connectivity index (χ3v) is 12.4. The summed E-state index contributed by atoms with van der Waals surface area (Å²) in [6, 6.07) is 4.68. The maximum absolute atomic E-state index is 14.5. The molecule has 8 amide bonds. The van der Waals surface area contributed by atoms with E-state index in [4.69, 9.17) is 11.5 Å². The Hall–Kier alpha value is -7.56. The number of nitrogens with one attached hydrogen (secondary N) is 7. The Balaban J connectivity index is 1.37. The molecule has 23 heteroatoms. The number of fused-ring (bicyclic) bond motifs is 3. The second kappa shape index (κ2) is 23.4. The molecule has 4 heterocycles. The number of aromatic nitrogens is 1. The van der Waals surface area contributed by atoms with Crippen molar-refractivity contribution in [1.82, 2.24) is 46.7 Å². The monoisotopic (exact) mass is 956 g/mol. The SMILES string of the molecule is CC1NC(=O)C(CCCN=C(N)N)NC(=O)C(Cc2c[nH]c3ccccc23)NC(=O)C(CC(=O)O)NC(=O)C2CCCN2C(=O)C(CO)NC(=O)C(Cc2ccccc2)NC(=O)C2CCCN2C1=O. The minimum Gasteiger partial charge on any atom is -0.481 e. The number of amides is 8. The number of nitrogens with zero attached hydrogens (tertiary/aromatic N) is 3. The van der Waals surface area contributed by atoms with Crippen LogP contribution in [-0.2, 0) is 56.0 Å². The van der Waals surface area contributed by atoms with Gasteiger partial charge in [-0.1, -0.05) is 48.5 Å². The summed E-state index contributed by atoms with van der Waals surface area (Å²) < 4.78 is 0. The number of hydrogen-bond acceptors (Lipinski definition) is 11. The molecule has 3 fully saturated rings. The minimum atomic E-state index is -1.79. The van der Waals surface area contributed by atoms with Crippen LogP contribution in [0.5, 0.6) is 0 Å². The first-order chi connectivity index (χ1) is 33.0. The first-order valence-electron chi connectivity index (χ1n) is 22.9. The molecule has 1 aromatic heterocycles. The van der Waals surface area contributed by atoms with E-state index >= 15 is 0 Å². The van der Waals surface area contributed by atoms with Crippen molar-refractivity contribution in [1.29, 1.82) is 0 Å². The Labute approximate surface area is 396 Å². The van der Waals surface area contributed by atoms with E-state index in [-0.39, 0.29) is 64.1 Å². The molecule has 13 N–H and O–H groups in total. The lowest BCUT2D eigenvalue weighted by molar-refractivity contribution is -0.145. The maximum atomic E-state index is 14.5. The first-order valence-corrected chi connectivity index (χ1v) is 22.9. The van der Waals surface area contributed by atoms with Crippen molar-refractivity contribution in [3.63, 3.8) is 0 Å². The van der Waals surface area contributed by atoms with Crippen molar-refractivity contribution in [2.75, 3.05) is 26.2 Å². The average Bonchev–Trinajstić information content (AvgIpc) is 4.11. The van der Waals surface area contributed by atoms with Crippen LogP contribution < -0.4 is 43.4 Å². The van der Waals surface area contributed by atoms with Crippen molar-refractivity contribution in [3.8, 4) is 0 Å². The molecule has 6 rings (SSSR count). The smallest absolute Gasteiger partial charge is 0.305 e. The van der Waals surface area contributed by atoms with E-state index in [1.807, 2.05) is 0 Å². The lowest BCUT2D eigenvalue weighted by Gasteiger charge is -2.31. The maximum Gasteiger partial charge on any atom is 0.305 e. The molecule has 3 saturated heterocycles. The third kappa shape index (κ3) is 13.1. The van der Waals surface area contributed by atoms with Crippen LogP contribution in [0.2, 0.25) is 0 Å². The molecule has 8 atom stereocenters. The molecule has 0 bridgehead atoms. The van der Waals surface area contributed by atoms with Crippen molar-refractivity contribution in [3.05, 3.63) is 71.9 Å². The van der Waals surface area contributed by atoms with E-state index in [0.717, 1.165) is 4.90 Å². The highest BCUT2D eigenvalue weighted by Crippen LogP contribution is 2.23. The van der Waals surface area contributed by atoms with Crippen LogP contribution in [-0.4, -0.2) is 159 Å². The summed E-state index contributed by atoms with van der Waals surface area (Å²) in [5.41, 5.74) is 12.9. The Kier molecular flexibility index (Phi) is 17.3. The lowest BCUT2D eigenvalue weighted by Crippen LogP contribution is -2.61. The number of para-hydroxylation sites is 1. The van der Waals surface area contributed by atoms with Crippen LogP contribution in [0.1, 0.15) is 63.0 Å². The van der Waals surface area contributed by atoms with Gasteiger partial charge in [0.15, 0.2) is 5.96 Å². The van der Waals surface area contributed by atoms with Gasteiger partial charge in [-0.3, -0.25) is 48.1 Å². The average molecular weight is 957 g/mol. The predicted octanol–water partition coefficient (Wildman–Crippen LogP) is -2.60. The van der Waals surface area contributed by atoms with Gasteiger partial charge < -0.3 is 68.4 Å². The van der Waals surface area contributed by atoms with Crippen LogP contribution in [0, 0.1) is 0 Å². The normalized spacial score (nSPS) is 25.8. The fourth-order valence-electron chi connectivity index (χ4n) is 8.91. The summed E-state index contributed by atoms with van der Waals surface area (Å²) >= 11 is 0. The highest BCUT2D eigenvalue weighted by Gasteiger charge is 2.42. The van der Waals surface area contributed by atoms with Gasteiger partial charge >= 0.3 is 5.97 Å². The van der Waals surface area contributed by atoms with Crippen molar-refractivity contribution in [2.45, 2.75) is 113 Å². The molecule has 0 spiro atoms. The number of aliphatic carboxylic acids is 1. The Morgan fingerprint density at radius 2 is 1.20 bits per heavy atom. The molecular weight excluding hydrogens is 897 g/mol. The van der Waals surface area contributed by atoms with Crippen molar-refractivity contribution in [2.24, 2.45) is 16.5 Å². The highest BCUT2D eigenvalue weighted by molar-refractivity contribution is 6.00. The van der Waals surface area contributed by atoms with Crippen LogP contribution in [0.3, 0.4) is 0 Å². The predicted molar refractivity (Wildman–Crippen MR) is 248 cm³/mol. The molecule has 0 saturated carbocycles. The number of carbonyl (C=O) groups is 9. The molecule has 3 aliphatic rings. The van der Waals surface area contributed by atoms with Gasteiger partial charge in [0.25, 0.3) is 0 Å². The minimum absolute atomic E-state index is 0.000791. The van der Waals surface area contributed by atoms with Crippen LogP contribution in [0.4, 0.5) is 0 Å². The Morgan fingerprint density at radius 1 is 0.667 bits per heavy atom. The number of hydrogen-bond donors (Lipinski definition) is 11. The summed E-state index contributed by atoms with van der Waals surface area (Å²) in [4.78, 5) is 135. The number of aliphatic hydroxyl groups is 1. The fourth-order valence-corrected chi connectivity index (χ4v) is 8.91. The van der Waals surface area contributed by atoms with Gasteiger partial charge in [0.2, 0.25) is 47.3 Å². The van der Waals surface area contributed by atoms with Gasteiger partial charge in [0, 0.05) is 49.6 Å². The molecule has 2 aromatic carbocycles. The second-order valence-electron chi connectivity index (χ2n) is 17.4. The van der Waals surface area contributed by atoms with Gasteiger partial charge in [-0.25, -0.2) is 0 Å². The zero-order chi connectivity index (χ0) is 49.8. The standard InChI is InChI=1S/C46H60N12O11/c1-25-44(68)57-18-8-15-35(57)42(66)54-31(20-26-10-3-2-4-11-26)39(63)56-34(24-59)45(69)58-19-9-16-36(58)43(67)55-33(22-37(60)61)41(65)53-32(21-27-23-50-29-13-6-5-12-28(27)29)40(64)52-30(38(62)51-25)14-7-17-49-46(47)48/h2-6,10-13,23,25,30-36,50,59H,7-9,14-22,24H2,1H3,(H,51,62)(H,52,64)(H,53,65)(H,54,66)(H,55,67)(H,56,63)(H,60,61)(H4,47,48,49). The molecular formula is C46H60N12O11. The number of nitrogens with two attached hydrogens (primary N) is 2.